The standard InChI is InChI=1S/C45H29N5O/c1-2-12-32(13-3-1)49-42-18-6-7-19-44(42)51-45-27-31(21-23-43(45)49)30-20-22-41-35(26-30)34-14-4-5-17-40(34)50(41)33-28-38(36-15-8-10-24-46-36)48-39(29-33)37-16-9-11-25-47-37/h1-29H. The topological polar surface area (TPSA) is 56.1 Å². The van der Waals surface area contributed by atoms with Crippen LogP contribution in [0.25, 0.3) is 61.4 Å². The van der Waals surface area contributed by atoms with Crippen molar-refractivity contribution in [2.75, 3.05) is 4.90 Å². The predicted octanol–water partition coefficient (Wildman–Crippen LogP) is 11.5. The monoisotopic (exact) mass is 655 g/mol. The number of anilines is 3. The minimum Gasteiger partial charge on any atom is -0.453 e. The lowest BCUT2D eigenvalue weighted by molar-refractivity contribution is 0.477. The van der Waals surface area contributed by atoms with Gasteiger partial charge in [0.2, 0.25) is 0 Å². The summed E-state index contributed by atoms with van der Waals surface area (Å²) < 4.78 is 8.86. The number of ether oxygens (including phenoxy) is 1. The molecule has 0 unspecified atom stereocenters. The molecular weight excluding hydrogens is 627 g/mol. The molecule has 0 saturated carbocycles. The fourth-order valence-corrected chi connectivity index (χ4v) is 7.16. The van der Waals surface area contributed by atoms with Crippen molar-refractivity contribution in [3.8, 4) is 51.1 Å². The Hall–Kier alpha value is -7.05. The summed E-state index contributed by atoms with van der Waals surface area (Å²) in [5.41, 5.74) is 11.7. The Labute approximate surface area is 294 Å². The minimum atomic E-state index is 0.788. The molecule has 0 atom stereocenters. The lowest BCUT2D eigenvalue weighted by Crippen LogP contribution is -2.15. The van der Waals surface area contributed by atoms with Crippen LogP contribution in [0, 0.1) is 0 Å². The number of hydrogen-bond acceptors (Lipinski definition) is 5. The number of pyridine rings is 3. The summed E-state index contributed by atoms with van der Waals surface area (Å²) >= 11 is 0. The first-order valence-electron chi connectivity index (χ1n) is 16.9. The van der Waals surface area contributed by atoms with Crippen LogP contribution in [0.5, 0.6) is 11.5 Å². The van der Waals surface area contributed by atoms with E-state index >= 15 is 0 Å². The second kappa shape index (κ2) is 11.8. The molecule has 0 aliphatic carbocycles. The molecule has 6 heteroatoms. The summed E-state index contributed by atoms with van der Waals surface area (Å²) in [5.74, 6) is 1.65. The van der Waals surface area contributed by atoms with E-state index in [1.54, 1.807) is 12.4 Å². The van der Waals surface area contributed by atoms with E-state index in [2.05, 4.69) is 123 Å². The summed E-state index contributed by atoms with van der Waals surface area (Å²) in [6.07, 6.45) is 3.60. The lowest BCUT2D eigenvalue weighted by atomic mass is 10.0. The van der Waals surface area contributed by atoms with Crippen LogP contribution in [0.15, 0.2) is 176 Å². The Morgan fingerprint density at radius 2 is 1.04 bits per heavy atom. The molecule has 0 N–H and O–H groups in total. The highest BCUT2D eigenvalue weighted by Gasteiger charge is 2.26. The summed E-state index contributed by atoms with van der Waals surface area (Å²) in [5, 5.41) is 2.33. The van der Waals surface area contributed by atoms with Crippen LogP contribution in [0.4, 0.5) is 17.1 Å². The number of para-hydroxylation sites is 4. The third-order valence-electron chi connectivity index (χ3n) is 9.47. The molecule has 1 aliphatic heterocycles. The maximum atomic E-state index is 6.54. The van der Waals surface area contributed by atoms with Crippen molar-refractivity contribution in [2.45, 2.75) is 0 Å². The zero-order valence-corrected chi connectivity index (χ0v) is 27.4. The maximum absolute atomic E-state index is 6.54. The van der Waals surface area contributed by atoms with Crippen molar-refractivity contribution in [3.63, 3.8) is 0 Å². The Balaban J connectivity index is 1.13. The Morgan fingerprint density at radius 3 is 1.80 bits per heavy atom. The van der Waals surface area contributed by atoms with E-state index in [1.807, 2.05) is 60.7 Å². The highest BCUT2D eigenvalue weighted by atomic mass is 16.5. The second-order valence-corrected chi connectivity index (χ2v) is 12.5. The molecule has 5 heterocycles. The maximum Gasteiger partial charge on any atom is 0.152 e. The number of hydrogen-bond donors (Lipinski definition) is 0. The zero-order chi connectivity index (χ0) is 33.7. The van der Waals surface area contributed by atoms with Crippen LogP contribution in [0.2, 0.25) is 0 Å². The van der Waals surface area contributed by atoms with Gasteiger partial charge in [-0.15, -0.1) is 0 Å². The van der Waals surface area contributed by atoms with Crippen molar-refractivity contribution >= 4 is 38.9 Å². The fraction of sp³-hybridized carbons (Fsp3) is 0. The molecule has 0 fully saturated rings. The van der Waals surface area contributed by atoms with E-state index in [0.717, 1.165) is 84.6 Å². The highest BCUT2D eigenvalue weighted by molar-refractivity contribution is 6.10. The van der Waals surface area contributed by atoms with Crippen LogP contribution in [-0.4, -0.2) is 19.5 Å². The molecule has 0 bridgehead atoms. The van der Waals surface area contributed by atoms with E-state index in [-0.39, 0.29) is 0 Å². The van der Waals surface area contributed by atoms with Crippen molar-refractivity contribution in [2.24, 2.45) is 0 Å². The van der Waals surface area contributed by atoms with Crippen LogP contribution >= 0.6 is 0 Å². The molecule has 6 nitrogen and oxygen atoms in total. The summed E-state index contributed by atoms with van der Waals surface area (Å²) in [7, 11) is 0. The van der Waals surface area contributed by atoms with Gasteiger partial charge in [0.1, 0.15) is 0 Å². The summed E-state index contributed by atoms with van der Waals surface area (Å²) in [6, 6.07) is 56.5. The van der Waals surface area contributed by atoms with Gasteiger partial charge < -0.3 is 14.2 Å². The van der Waals surface area contributed by atoms with Crippen molar-refractivity contribution in [1.82, 2.24) is 19.5 Å². The van der Waals surface area contributed by atoms with Gasteiger partial charge in [0, 0.05) is 28.9 Å². The molecule has 240 valence electrons. The Kier molecular flexibility index (Phi) is 6.70. The summed E-state index contributed by atoms with van der Waals surface area (Å²) in [4.78, 5) is 16.6. The van der Waals surface area contributed by atoms with Gasteiger partial charge in [-0.25, -0.2) is 4.98 Å². The average molecular weight is 656 g/mol. The lowest BCUT2D eigenvalue weighted by Gasteiger charge is -2.33. The van der Waals surface area contributed by atoms with Crippen LogP contribution in [0.3, 0.4) is 0 Å². The second-order valence-electron chi connectivity index (χ2n) is 12.5. The van der Waals surface area contributed by atoms with Gasteiger partial charge in [0.15, 0.2) is 11.5 Å². The molecular formula is C45H29N5O. The van der Waals surface area contributed by atoms with Crippen LogP contribution < -0.4 is 9.64 Å². The Bertz CT molecular complexity index is 2670. The van der Waals surface area contributed by atoms with Gasteiger partial charge in [-0.3, -0.25) is 9.97 Å². The highest BCUT2D eigenvalue weighted by Crippen LogP contribution is 2.51. The van der Waals surface area contributed by atoms with Crippen molar-refractivity contribution in [1.29, 1.82) is 0 Å². The van der Waals surface area contributed by atoms with Crippen molar-refractivity contribution in [3.05, 3.63) is 176 Å². The molecule has 9 aromatic rings. The quantitative estimate of drug-likeness (QED) is 0.185. The first-order chi connectivity index (χ1) is 25.3. The number of benzene rings is 5. The van der Waals surface area contributed by atoms with E-state index < -0.39 is 0 Å². The average Bonchev–Trinajstić information content (AvgIpc) is 3.54. The number of aromatic nitrogens is 4. The first-order valence-corrected chi connectivity index (χ1v) is 16.9. The molecule has 0 radical (unpaired) electrons. The van der Waals surface area contributed by atoms with Gasteiger partial charge >= 0.3 is 0 Å². The largest absolute Gasteiger partial charge is 0.453 e. The SMILES string of the molecule is c1ccc(N2c3ccccc3Oc3cc(-c4ccc5c(c4)c4ccccc4n5-c4cc(-c5ccccn5)nc(-c5ccccn5)c4)ccc32)cc1. The smallest absolute Gasteiger partial charge is 0.152 e. The number of rotatable bonds is 5. The van der Waals surface area contributed by atoms with E-state index in [4.69, 9.17) is 9.72 Å². The Morgan fingerprint density at radius 1 is 0.412 bits per heavy atom. The zero-order valence-electron chi connectivity index (χ0n) is 27.4. The van der Waals surface area contributed by atoms with Crippen LogP contribution in [-0.2, 0) is 0 Å². The van der Waals surface area contributed by atoms with Gasteiger partial charge in [-0.2, -0.15) is 0 Å². The van der Waals surface area contributed by atoms with Gasteiger partial charge in [0.25, 0.3) is 0 Å². The molecule has 10 rings (SSSR count). The third-order valence-corrected chi connectivity index (χ3v) is 9.47. The molecule has 0 saturated heterocycles. The van der Waals surface area contributed by atoms with Gasteiger partial charge in [-0.05, 0) is 102 Å². The fourth-order valence-electron chi connectivity index (χ4n) is 7.16. The van der Waals surface area contributed by atoms with Gasteiger partial charge in [0.05, 0.1) is 50.9 Å². The third kappa shape index (κ3) is 4.92. The molecule has 0 amide bonds. The normalized spacial score (nSPS) is 12.0. The molecule has 1 aliphatic rings. The molecule has 0 spiro atoms. The van der Waals surface area contributed by atoms with E-state index in [9.17, 15) is 0 Å². The molecule has 5 aromatic carbocycles. The first kappa shape index (κ1) is 28.9. The number of nitrogens with zero attached hydrogens (tertiary/aromatic N) is 5. The van der Waals surface area contributed by atoms with E-state index in [0.29, 0.717) is 0 Å². The van der Waals surface area contributed by atoms with Gasteiger partial charge in [-0.1, -0.05) is 72.8 Å². The summed E-state index contributed by atoms with van der Waals surface area (Å²) in [6.45, 7) is 0. The molecule has 4 aromatic heterocycles. The minimum absolute atomic E-state index is 0.788. The van der Waals surface area contributed by atoms with Crippen LogP contribution in [0.1, 0.15) is 0 Å². The van der Waals surface area contributed by atoms with Crippen molar-refractivity contribution < 1.29 is 4.74 Å². The molecule has 51 heavy (non-hydrogen) atoms. The number of fused-ring (bicyclic) bond motifs is 5. The predicted molar refractivity (Wildman–Crippen MR) is 205 cm³/mol. The van der Waals surface area contributed by atoms with E-state index in [1.165, 1.54) is 5.39 Å².